The van der Waals surface area contributed by atoms with Gasteiger partial charge in [0.1, 0.15) is 0 Å². The van der Waals surface area contributed by atoms with Crippen LogP contribution < -0.4 is 0 Å². The van der Waals surface area contributed by atoms with Crippen molar-refractivity contribution in [3.05, 3.63) is 54.6 Å². The first-order chi connectivity index (χ1) is 10.9. The molecule has 0 fully saturated rings. The fourth-order valence-corrected chi connectivity index (χ4v) is 6.91. The van der Waals surface area contributed by atoms with Crippen molar-refractivity contribution >= 4 is 10.0 Å². The van der Waals surface area contributed by atoms with Crippen LogP contribution in [0.5, 0.6) is 0 Å². The molecule has 0 saturated heterocycles. The van der Waals surface area contributed by atoms with E-state index in [-0.39, 0.29) is 17.4 Å². The maximum Gasteiger partial charge on any atom is 0.392 e. The van der Waals surface area contributed by atoms with E-state index in [1.807, 2.05) is 49.4 Å². The summed E-state index contributed by atoms with van der Waals surface area (Å²) >= 11 is 0. The number of rotatable bonds is 6. The van der Waals surface area contributed by atoms with Crippen molar-refractivity contribution in [2.75, 3.05) is 12.0 Å². The van der Waals surface area contributed by atoms with Gasteiger partial charge in [-0.05, 0) is 29.7 Å². The molecule has 0 aromatic heterocycles. The summed E-state index contributed by atoms with van der Waals surface area (Å²) in [5.74, 6) is -0.996. The van der Waals surface area contributed by atoms with Crippen LogP contribution in [0.15, 0.2) is 59.5 Å². The van der Waals surface area contributed by atoms with Crippen molar-refractivity contribution in [3.63, 3.8) is 0 Å². The lowest BCUT2D eigenvalue weighted by molar-refractivity contribution is -0.169. The molecule has 0 aliphatic heterocycles. The highest BCUT2D eigenvalue weighted by atomic mass is 32.3. The standard InChI is InChI=1S/C19H25F3S/c1-3-10-16(19(20,21)22)15-23(2,17-11-6-4-7-12-17)18-13-8-5-9-14-18/h4-9,11-13,16,18H,3,10,14-15H2,1-2H3. The average molecular weight is 342 g/mol. The van der Waals surface area contributed by atoms with E-state index in [2.05, 4.69) is 18.4 Å². The molecule has 0 bridgehead atoms. The van der Waals surface area contributed by atoms with Crippen LogP contribution in [0.4, 0.5) is 13.2 Å². The highest BCUT2D eigenvalue weighted by molar-refractivity contribution is 8.33. The van der Waals surface area contributed by atoms with E-state index in [0.717, 1.165) is 11.3 Å². The maximum absolute atomic E-state index is 13.5. The van der Waals surface area contributed by atoms with Crippen LogP contribution in [0.25, 0.3) is 0 Å². The van der Waals surface area contributed by atoms with Gasteiger partial charge in [0, 0.05) is 5.25 Å². The second-order valence-electron chi connectivity index (χ2n) is 6.25. The van der Waals surface area contributed by atoms with E-state index < -0.39 is 22.1 Å². The molecule has 1 aliphatic rings. The molecule has 0 amide bonds. The third kappa shape index (κ3) is 4.43. The van der Waals surface area contributed by atoms with Crippen LogP contribution >= 0.6 is 10.0 Å². The highest BCUT2D eigenvalue weighted by Gasteiger charge is 2.43. The van der Waals surface area contributed by atoms with E-state index >= 15 is 0 Å². The van der Waals surface area contributed by atoms with Crippen LogP contribution in [-0.2, 0) is 0 Å². The van der Waals surface area contributed by atoms with Crippen molar-refractivity contribution in [3.8, 4) is 0 Å². The third-order valence-corrected chi connectivity index (χ3v) is 8.67. The monoisotopic (exact) mass is 342 g/mol. The Labute approximate surface area is 138 Å². The Morgan fingerprint density at radius 3 is 2.39 bits per heavy atom. The first kappa shape index (κ1) is 18.2. The summed E-state index contributed by atoms with van der Waals surface area (Å²) in [4.78, 5) is 1.08. The van der Waals surface area contributed by atoms with Crippen molar-refractivity contribution < 1.29 is 13.2 Å². The predicted octanol–water partition coefficient (Wildman–Crippen LogP) is 6.34. The number of hydrogen-bond acceptors (Lipinski definition) is 0. The van der Waals surface area contributed by atoms with Gasteiger partial charge in [0.05, 0.1) is 5.92 Å². The molecule has 1 aromatic carbocycles. The van der Waals surface area contributed by atoms with Crippen molar-refractivity contribution in [1.29, 1.82) is 0 Å². The minimum atomic E-state index is -4.12. The molecule has 0 nitrogen and oxygen atoms in total. The van der Waals surface area contributed by atoms with Crippen molar-refractivity contribution in [1.82, 2.24) is 0 Å². The van der Waals surface area contributed by atoms with E-state index in [9.17, 15) is 13.2 Å². The van der Waals surface area contributed by atoms with Crippen LogP contribution in [-0.4, -0.2) is 23.4 Å². The van der Waals surface area contributed by atoms with Gasteiger partial charge in [-0.15, -0.1) is 0 Å². The summed E-state index contributed by atoms with van der Waals surface area (Å²) in [5, 5.41) is 0.177. The zero-order chi connectivity index (χ0) is 16.9. The molecule has 0 radical (unpaired) electrons. The van der Waals surface area contributed by atoms with Crippen molar-refractivity contribution in [2.24, 2.45) is 5.92 Å². The molecule has 4 heteroatoms. The quantitative estimate of drug-likeness (QED) is 0.565. The topological polar surface area (TPSA) is 0 Å². The number of halogens is 3. The summed E-state index contributed by atoms with van der Waals surface area (Å²) in [6, 6.07) is 9.80. The van der Waals surface area contributed by atoms with Crippen LogP contribution in [0, 0.1) is 5.92 Å². The van der Waals surface area contributed by atoms with Gasteiger partial charge >= 0.3 is 6.18 Å². The SMILES string of the molecule is CCCC(CS(C)(c1ccccc1)C1C=CC=CC1)C(F)(F)F. The second kappa shape index (κ2) is 7.61. The molecule has 0 saturated carbocycles. The maximum atomic E-state index is 13.5. The van der Waals surface area contributed by atoms with Gasteiger partial charge in [-0.25, -0.2) is 10.0 Å². The lowest BCUT2D eigenvalue weighted by atomic mass is 10.1. The summed E-state index contributed by atoms with van der Waals surface area (Å²) in [6.07, 6.45) is 7.69. The summed E-state index contributed by atoms with van der Waals surface area (Å²) in [7, 11) is -1.58. The number of benzene rings is 1. The molecule has 0 spiro atoms. The summed E-state index contributed by atoms with van der Waals surface area (Å²) in [5.41, 5.74) is 0. The van der Waals surface area contributed by atoms with E-state index in [4.69, 9.17) is 0 Å². The molecule has 0 N–H and O–H groups in total. The minimum Gasteiger partial charge on any atom is -0.210 e. The fourth-order valence-electron chi connectivity index (χ4n) is 3.18. The van der Waals surface area contributed by atoms with E-state index in [0.29, 0.717) is 6.42 Å². The molecule has 1 aliphatic carbocycles. The fraction of sp³-hybridized carbons (Fsp3) is 0.474. The zero-order valence-corrected chi connectivity index (χ0v) is 14.5. The number of hydrogen-bond donors (Lipinski definition) is 0. The lowest BCUT2D eigenvalue weighted by Gasteiger charge is -2.45. The minimum absolute atomic E-state index is 0.177. The van der Waals surface area contributed by atoms with Crippen molar-refractivity contribution in [2.45, 2.75) is 42.5 Å². The smallest absolute Gasteiger partial charge is 0.210 e. The van der Waals surface area contributed by atoms with Gasteiger partial charge in [0.15, 0.2) is 0 Å². The van der Waals surface area contributed by atoms with Crippen LogP contribution in [0.1, 0.15) is 26.2 Å². The summed E-state index contributed by atoms with van der Waals surface area (Å²) < 4.78 is 40.5. The van der Waals surface area contributed by atoms with E-state index in [1.165, 1.54) is 0 Å². The Hall–Kier alpha value is -1.16. The Morgan fingerprint density at radius 1 is 1.17 bits per heavy atom. The van der Waals surface area contributed by atoms with Gasteiger partial charge in [0.2, 0.25) is 0 Å². The Kier molecular flexibility index (Phi) is 6.01. The van der Waals surface area contributed by atoms with Gasteiger partial charge < -0.3 is 0 Å². The van der Waals surface area contributed by atoms with Crippen LogP contribution in [0.2, 0.25) is 0 Å². The number of alkyl halides is 3. The Balaban J connectivity index is 2.37. The lowest BCUT2D eigenvalue weighted by Crippen LogP contribution is -2.32. The van der Waals surface area contributed by atoms with Crippen LogP contribution in [0.3, 0.4) is 0 Å². The average Bonchev–Trinajstić information content (AvgIpc) is 2.55. The molecule has 1 aromatic rings. The predicted molar refractivity (Wildman–Crippen MR) is 94.2 cm³/mol. The molecular weight excluding hydrogens is 317 g/mol. The van der Waals surface area contributed by atoms with Gasteiger partial charge in [-0.1, -0.05) is 68.0 Å². The first-order valence-corrected chi connectivity index (χ1v) is 10.3. The molecule has 2 rings (SSSR count). The summed E-state index contributed by atoms with van der Waals surface area (Å²) in [6.45, 7) is 1.83. The van der Waals surface area contributed by atoms with Gasteiger partial charge in [-0.3, -0.25) is 0 Å². The molecule has 3 atom stereocenters. The largest absolute Gasteiger partial charge is 0.392 e. The number of allylic oxidation sites excluding steroid dienone is 3. The molecule has 23 heavy (non-hydrogen) atoms. The molecular formula is C19H25F3S. The molecule has 3 unspecified atom stereocenters. The second-order valence-corrected chi connectivity index (χ2v) is 9.98. The molecule has 0 heterocycles. The zero-order valence-electron chi connectivity index (χ0n) is 13.7. The highest BCUT2D eigenvalue weighted by Crippen LogP contribution is 2.61. The van der Waals surface area contributed by atoms with Gasteiger partial charge in [0.25, 0.3) is 0 Å². The van der Waals surface area contributed by atoms with E-state index in [1.54, 1.807) is 0 Å². The Bertz CT molecular complexity index is 547. The van der Waals surface area contributed by atoms with Gasteiger partial charge in [-0.2, -0.15) is 13.2 Å². The normalized spacial score (nSPS) is 23.3. The molecule has 128 valence electrons. The Morgan fingerprint density at radius 2 is 1.87 bits per heavy atom. The third-order valence-electron chi connectivity index (χ3n) is 4.54. The first-order valence-electron chi connectivity index (χ1n) is 8.08.